The van der Waals surface area contributed by atoms with Crippen LogP contribution < -0.4 is 10.1 Å². The van der Waals surface area contributed by atoms with Gasteiger partial charge in [0.1, 0.15) is 29.9 Å². The number of nitrogens with zero attached hydrogens (tertiary/aromatic N) is 4. The Kier molecular flexibility index (Phi) is 5.72. The summed E-state index contributed by atoms with van der Waals surface area (Å²) in [5.41, 5.74) is 0.859. The van der Waals surface area contributed by atoms with Crippen molar-refractivity contribution >= 4 is 23.0 Å². The summed E-state index contributed by atoms with van der Waals surface area (Å²) >= 11 is 0. The molecule has 1 heterocycles. The Hall–Kier alpha value is -4.28. The lowest BCUT2D eigenvalue weighted by Crippen LogP contribution is -2.20. The summed E-state index contributed by atoms with van der Waals surface area (Å²) in [5, 5.41) is 28.5. The second kappa shape index (κ2) is 8.39. The van der Waals surface area contributed by atoms with Crippen LogP contribution in [0.3, 0.4) is 0 Å². The van der Waals surface area contributed by atoms with Gasteiger partial charge in [-0.25, -0.2) is 0 Å². The quantitative estimate of drug-likeness (QED) is 0.461. The number of carbonyl (C=O) groups is 1. The van der Waals surface area contributed by atoms with Gasteiger partial charge in [0.2, 0.25) is 5.91 Å². The molecule has 11 heteroatoms. The van der Waals surface area contributed by atoms with E-state index in [4.69, 9.17) is 4.74 Å². The molecule has 0 aliphatic rings. The Labute approximate surface area is 170 Å². The standard InChI is InChI=1S/C19H17N5O6/c1-12-4-3-5-16(6-12)30-17-8-14(7-15(9-17)23(26)27)21-19(25)11-22-13(2)18(10-20-22)24(28)29/h3-10H,11H2,1-2H3,(H,21,25). The lowest BCUT2D eigenvalue weighted by Gasteiger charge is -2.10. The molecule has 2 aromatic carbocycles. The van der Waals surface area contributed by atoms with Gasteiger partial charge >= 0.3 is 5.69 Å². The van der Waals surface area contributed by atoms with E-state index in [2.05, 4.69) is 10.4 Å². The average Bonchev–Trinajstić information content (AvgIpc) is 3.02. The highest BCUT2D eigenvalue weighted by atomic mass is 16.6. The van der Waals surface area contributed by atoms with Crippen molar-refractivity contribution in [3.05, 3.63) is 80.1 Å². The Balaban J connectivity index is 1.80. The van der Waals surface area contributed by atoms with Crippen LogP contribution in [-0.2, 0) is 11.3 Å². The highest BCUT2D eigenvalue weighted by Crippen LogP contribution is 2.30. The summed E-state index contributed by atoms with van der Waals surface area (Å²) in [6, 6.07) is 11.0. The molecule has 0 radical (unpaired) electrons. The van der Waals surface area contributed by atoms with Crippen LogP contribution in [0.2, 0.25) is 0 Å². The number of aryl methyl sites for hydroxylation is 1. The molecule has 0 aliphatic carbocycles. The van der Waals surface area contributed by atoms with Gasteiger partial charge in [0.15, 0.2) is 0 Å². The zero-order valence-electron chi connectivity index (χ0n) is 16.1. The largest absolute Gasteiger partial charge is 0.457 e. The van der Waals surface area contributed by atoms with E-state index in [-0.39, 0.29) is 35.1 Å². The molecule has 0 aliphatic heterocycles. The number of carbonyl (C=O) groups excluding carboxylic acids is 1. The van der Waals surface area contributed by atoms with Crippen molar-refractivity contribution in [2.45, 2.75) is 20.4 Å². The van der Waals surface area contributed by atoms with E-state index in [1.54, 1.807) is 18.2 Å². The molecule has 0 fully saturated rings. The number of benzene rings is 2. The zero-order chi connectivity index (χ0) is 21.8. The van der Waals surface area contributed by atoms with Gasteiger partial charge in [-0.2, -0.15) is 5.10 Å². The number of non-ortho nitro benzene ring substituents is 1. The van der Waals surface area contributed by atoms with Gasteiger partial charge in [-0.1, -0.05) is 12.1 Å². The SMILES string of the molecule is Cc1cccc(Oc2cc(NC(=O)Cn3ncc([N+](=O)[O-])c3C)cc([N+](=O)[O-])c2)c1. The summed E-state index contributed by atoms with van der Waals surface area (Å²) in [6.45, 7) is 3.06. The predicted molar refractivity (Wildman–Crippen MR) is 107 cm³/mol. The van der Waals surface area contributed by atoms with Crippen LogP contribution in [0.1, 0.15) is 11.3 Å². The minimum absolute atomic E-state index is 0.149. The molecule has 154 valence electrons. The first kappa shape index (κ1) is 20.5. The van der Waals surface area contributed by atoms with Crippen LogP contribution >= 0.6 is 0 Å². The van der Waals surface area contributed by atoms with Gasteiger partial charge in [-0.3, -0.25) is 29.7 Å². The molecule has 1 N–H and O–H groups in total. The fourth-order valence-corrected chi connectivity index (χ4v) is 2.75. The molecule has 30 heavy (non-hydrogen) atoms. The molecular formula is C19H17N5O6. The maximum Gasteiger partial charge on any atom is 0.309 e. The van der Waals surface area contributed by atoms with Crippen LogP contribution in [0.5, 0.6) is 11.5 Å². The lowest BCUT2D eigenvalue weighted by atomic mass is 10.2. The van der Waals surface area contributed by atoms with Crippen molar-refractivity contribution in [2.24, 2.45) is 0 Å². The maximum atomic E-state index is 12.4. The second-order valence-corrected chi connectivity index (χ2v) is 6.47. The van der Waals surface area contributed by atoms with Crippen LogP contribution in [0.25, 0.3) is 0 Å². The lowest BCUT2D eigenvalue weighted by molar-refractivity contribution is -0.385. The minimum Gasteiger partial charge on any atom is -0.457 e. The monoisotopic (exact) mass is 411 g/mol. The normalized spacial score (nSPS) is 10.5. The topological polar surface area (TPSA) is 142 Å². The zero-order valence-corrected chi connectivity index (χ0v) is 16.1. The first-order chi connectivity index (χ1) is 14.2. The van der Waals surface area contributed by atoms with Gasteiger partial charge in [-0.05, 0) is 31.5 Å². The Morgan fingerprint density at radius 2 is 1.87 bits per heavy atom. The highest BCUT2D eigenvalue weighted by molar-refractivity contribution is 5.91. The fourth-order valence-electron chi connectivity index (χ4n) is 2.75. The maximum absolute atomic E-state index is 12.4. The predicted octanol–water partition coefficient (Wildman–Crippen LogP) is 3.75. The van der Waals surface area contributed by atoms with Crippen molar-refractivity contribution in [3.63, 3.8) is 0 Å². The average molecular weight is 411 g/mol. The summed E-state index contributed by atoms with van der Waals surface area (Å²) in [4.78, 5) is 33.3. The third kappa shape index (κ3) is 4.76. The fraction of sp³-hybridized carbons (Fsp3) is 0.158. The summed E-state index contributed by atoms with van der Waals surface area (Å²) in [6.07, 6.45) is 1.06. The Morgan fingerprint density at radius 1 is 1.10 bits per heavy atom. The van der Waals surface area contributed by atoms with E-state index in [9.17, 15) is 25.0 Å². The van der Waals surface area contributed by atoms with E-state index >= 15 is 0 Å². The van der Waals surface area contributed by atoms with Gasteiger partial charge < -0.3 is 10.1 Å². The number of nitro groups is 2. The van der Waals surface area contributed by atoms with Gasteiger partial charge in [0, 0.05) is 12.1 Å². The number of aromatic nitrogens is 2. The van der Waals surface area contributed by atoms with Gasteiger partial charge in [-0.15, -0.1) is 0 Å². The van der Waals surface area contributed by atoms with Crippen molar-refractivity contribution in [2.75, 3.05) is 5.32 Å². The summed E-state index contributed by atoms with van der Waals surface area (Å²) in [5.74, 6) is 0.112. The van der Waals surface area contributed by atoms with Gasteiger partial charge in [0.25, 0.3) is 5.69 Å². The third-order valence-electron chi connectivity index (χ3n) is 4.18. The van der Waals surface area contributed by atoms with Crippen LogP contribution in [0.4, 0.5) is 17.1 Å². The van der Waals surface area contributed by atoms with Crippen LogP contribution in [0.15, 0.2) is 48.7 Å². The molecule has 0 spiro atoms. The highest BCUT2D eigenvalue weighted by Gasteiger charge is 2.19. The van der Waals surface area contributed by atoms with E-state index in [1.807, 2.05) is 13.0 Å². The smallest absolute Gasteiger partial charge is 0.309 e. The molecule has 1 aromatic heterocycles. The number of anilines is 1. The number of ether oxygens (including phenoxy) is 1. The minimum atomic E-state index is -0.597. The second-order valence-electron chi connectivity index (χ2n) is 6.47. The number of rotatable bonds is 7. The third-order valence-corrected chi connectivity index (χ3v) is 4.18. The molecule has 0 unspecified atom stereocenters. The summed E-state index contributed by atoms with van der Waals surface area (Å²) < 4.78 is 6.87. The van der Waals surface area contributed by atoms with Crippen molar-refractivity contribution in [1.29, 1.82) is 0 Å². The van der Waals surface area contributed by atoms with Crippen LogP contribution in [-0.4, -0.2) is 25.5 Å². The van der Waals surface area contributed by atoms with Crippen molar-refractivity contribution in [1.82, 2.24) is 9.78 Å². The number of nitro benzene ring substituents is 1. The molecule has 0 bridgehead atoms. The molecule has 3 aromatic rings. The molecule has 11 nitrogen and oxygen atoms in total. The van der Waals surface area contributed by atoms with E-state index in [1.165, 1.54) is 29.8 Å². The van der Waals surface area contributed by atoms with Crippen molar-refractivity contribution < 1.29 is 19.4 Å². The first-order valence-electron chi connectivity index (χ1n) is 8.73. The van der Waals surface area contributed by atoms with Crippen LogP contribution in [0, 0.1) is 34.1 Å². The number of nitrogens with one attached hydrogen (secondary N) is 1. The first-order valence-corrected chi connectivity index (χ1v) is 8.73. The molecule has 1 amide bonds. The van der Waals surface area contributed by atoms with E-state index in [0.29, 0.717) is 5.75 Å². The molecule has 0 atom stereocenters. The van der Waals surface area contributed by atoms with E-state index < -0.39 is 15.8 Å². The summed E-state index contributed by atoms with van der Waals surface area (Å²) in [7, 11) is 0. The number of hydrogen-bond donors (Lipinski definition) is 1. The Bertz CT molecular complexity index is 1140. The Morgan fingerprint density at radius 3 is 2.50 bits per heavy atom. The molecule has 3 rings (SSSR count). The molecule has 0 saturated carbocycles. The van der Waals surface area contributed by atoms with Gasteiger partial charge in [0.05, 0.1) is 21.6 Å². The number of amides is 1. The number of hydrogen-bond acceptors (Lipinski definition) is 7. The van der Waals surface area contributed by atoms with Crippen molar-refractivity contribution in [3.8, 4) is 11.5 Å². The molecule has 0 saturated heterocycles. The molecular weight excluding hydrogens is 394 g/mol. The van der Waals surface area contributed by atoms with E-state index in [0.717, 1.165) is 11.8 Å².